The molecule has 0 bridgehead atoms. The first-order valence-corrected chi connectivity index (χ1v) is 6.97. The molecular weight excluding hydrogens is 312 g/mol. The maximum atomic E-state index is 11.7. The molecule has 0 fully saturated rings. The summed E-state index contributed by atoms with van der Waals surface area (Å²) in [5.74, 6) is -1.47. The van der Waals surface area contributed by atoms with Gasteiger partial charge in [0, 0.05) is 11.1 Å². The highest BCUT2D eigenvalue weighted by molar-refractivity contribution is 6.22. The minimum atomic E-state index is -1.24. The summed E-state index contributed by atoms with van der Waals surface area (Å²) >= 11 is 0. The summed E-state index contributed by atoms with van der Waals surface area (Å²) in [5.41, 5.74) is 0.337. The Morgan fingerprint density at radius 1 is 0.958 bits per heavy atom. The van der Waals surface area contributed by atoms with Crippen LogP contribution in [0, 0.1) is 0 Å². The van der Waals surface area contributed by atoms with Gasteiger partial charge in [0.15, 0.2) is 0 Å². The lowest BCUT2D eigenvalue weighted by Gasteiger charge is -2.10. The lowest BCUT2D eigenvalue weighted by atomic mass is 9.97. The lowest BCUT2D eigenvalue weighted by molar-refractivity contribution is -0.130. The maximum absolute atomic E-state index is 11.7. The van der Waals surface area contributed by atoms with E-state index in [2.05, 4.69) is 0 Å². The molecule has 0 aliphatic carbocycles. The van der Waals surface area contributed by atoms with Gasteiger partial charge in [0.1, 0.15) is 11.5 Å². The van der Waals surface area contributed by atoms with Gasteiger partial charge in [0.2, 0.25) is 0 Å². The molecule has 0 heterocycles. The van der Waals surface area contributed by atoms with E-state index in [-0.39, 0.29) is 16.7 Å². The molecule has 2 aromatic rings. The number of aromatic carboxylic acids is 1. The third-order valence-electron chi connectivity index (χ3n) is 3.41. The van der Waals surface area contributed by atoms with E-state index in [0.717, 1.165) is 0 Å². The van der Waals surface area contributed by atoms with Crippen molar-refractivity contribution in [2.24, 2.45) is 0 Å². The van der Waals surface area contributed by atoms with E-state index in [1.807, 2.05) is 0 Å². The molecular formula is C18H16O6. The molecule has 0 amide bonds. The van der Waals surface area contributed by atoms with E-state index in [1.165, 1.54) is 32.4 Å². The van der Waals surface area contributed by atoms with Crippen molar-refractivity contribution in [3.8, 4) is 11.5 Å². The number of benzene rings is 2. The Morgan fingerprint density at radius 3 is 2.17 bits per heavy atom. The van der Waals surface area contributed by atoms with E-state index in [4.69, 9.17) is 9.47 Å². The molecule has 0 saturated carbocycles. The van der Waals surface area contributed by atoms with Crippen molar-refractivity contribution >= 4 is 23.6 Å². The molecule has 0 aliphatic heterocycles. The van der Waals surface area contributed by atoms with Crippen molar-refractivity contribution in [3.63, 3.8) is 0 Å². The summed E-state index contributed by atoms with van der Waals surface area (Å²) in [5, 5.41) is 18.8. The Morgan fingerprint density at radius 2 is 1.62 bits per heavy atom. The number of aliphatic carboxylic acids is 1. The summed E-state index contributed by atoms with van der Waals surface area (Å²) in [6.07, 6.45) is 1.37. The van der Waals surface area contributed by atoms with Gasteiger partial charge in [-0.15, -0.1) is 0 Å². The predicted octanol–water partition coefficient (Wildman–Crippen LogP) is 3.03. The molecule has 6 nitrogen and oxygen atoms in total. The van der Waals surface area contributed by atoms with E-state index >= 15 is 0 Å². The first kappa shape index (κ1) is 17.1. The predicted molar refractivity (Wildman–Crippen MR) is 88.5 cm³/mol. The van der Waals surface area contributed by atoms with Crippen LogP contribution in [0.5, 0.6) is 11.5 Å². The SMILES string of the molecule is COc1ccc(OC)c(/C=C(\C(=O)O)c2ccccc2C(=O)O)c1. The molecule has 24 heavy (non-hydrogen) atoms. The minimum absolute atomic E-state index is 0.0898. The molecule has 0 saturated heterocycles. The van der Waals surface area contributed by atoms with Crippen LogP contribution >= 0.6 is 0 Å². The van der Waals surface area contributed by atoms with Gasteiger partial charge in [-0.1, -0.05) is 18.2 Å². The number of carboxylic acid groups (broad SMARTS) is 2. The van der Waals surface area contributed by atoms with Gasteiger partial charge < -0.3 is 19.7 Å². The first-order valence-electron chi connectivity index (χ1n) is 6.97. The molecule has 2 N–H and O–H groups in total. The van der Waals surface area contributed by atoms with Gasteiger partial charge in [-0.05, 0) is 30.3 Å². The van der Waals surface area contributed by atoms with Crippen LogP contribution in [0.25, 0.3) is 11.6 Å². The molecule has 2 rings (SSSR count). The summed E-state index contributed by atoms with van der Waals surface area (Å²) in [6, 6.07) is 10.9. The number of carbonyl (C=O) groups is 2. The zero-order valence-corrected chi connectivity index (χ0v) is 13.1. The largest absolute Gasteiger partial charge is 0.497 e. The smallest absolute Gasteiger partial charge is 0.336 e. The van der Waals surface area contributed by atoms with Gasteiger partial charge in [0.25, 0.3) is 0 Å². The van der Waals surface area contributed by atoms with Crippen LogP contribution in [0.4, 0.5) is 0 Å². The second-order valence-corrected chi connectivity index (χ2v) is 4.82. The van der Waals surface area contributed by atoms with Crippen LogP contribution < -0.4 is 9.47 Å². The number of hydrogen-bond acceptors (Lipinski definition) is 4. The highest BCUT2D eigenvalue weighted by atomic mass is 16.5. The van der Waals surface area contributed by atoms with Crippen LogP contribution in [0.2, 0.25) is 0 Å². The normalized spacial score (nSPS) is 11.0. The Labute approximate surface area is 138 Å². The van der Waals surface area contributed by atoms with E-state index in [1.54, 1.807) is 30.3 Å². The van der Waals surface area contributed by atoms with Crippen molar-refractivity contribution in [1.29, 1.82) is 0 Å². The molecule has 0 unspecified atom stereocenters. The fourth-order valence-electron chi connectivity index (χ4n) is 2.27. The third kappa shape index (κ3) is 3.55. The molecule has 0 radical (unpaired) electrons. The molecule has 124 valence electrons. The molecule has 0 spiro atoms. The van der Waals surface area contributed by atoms with Crippen molar-refractivity contribution in [2.75, 3.05) is 14.2 Å². The lowest BCUT2D eigenvalue weighted by Crippen LogP contribution is -2.07. The zero-order valence-electron chi connectivity index (χ0n) is 13.1. The molecule has 0 aromatic heterocycles. The van der Waals surface area contributed by atoms with Gasteiger partial charge in [-0.25, -0.2) is 9.59 Å². The Hall–Kier alpha value is -3.28. The fourth-order valence-corrected chi connectivity index (χ4v) is 2.27. The van der Waals surface area contributed by atoms with Crippen molar-refractivity contribution in [1.82, 2.24) is 0 Å². The molecule has 0 atom stereocenters. The number of carboxylic acids is 2. The molecule has 2 aromatic carbocycles. The highest BCUT2D eigenvalue weighted by Crippen LogP contribution is 2.29. The van der Waals surface area contributed by atoms with Crippen LogP contribution in [-0.2, 0) is 4.79 Å². The second-order valence-electron chi connectivity index (χ2n) is 4.82. The fraction of sp³-hybridized carbons (Fsp3) is 0.111. The maximum Gasteiger partial charge on any atom is 0.336 e. The number of methoxy groups -OCH3 is 2. The van der Waals surface area contributed by atoms with Gasteiger partial charge >= 0.3 is 11.9 Å². The summed E-state index contributed by atoms with van der Waals surface area (Å²) in [7, 11) is 2.96. The van der Waals surface area contributed by atoms with Crippen LogP contribution in [0.3, 0.4) is 0 Å². The Bertz CT molecular complexity index is 807. The van der Waals surface area contributed by atoms with Crippen molar-refractivity contribution in [2.45, 2.75) is 0 Å². The summed E-state index contributed by atoms with van der Waals surface area (Å²) in [4.78, 5) is 23.1. The van der Waals surface area contributed by atoms with Crippen LogP contribution in [-0.4, -0.2) is 36.4 Å². The number of ether oxygens (including phenoxy) is 2. The summed E-state index contributed by atoms with van der Waals surface area (Å²) in [6.45, 7) is 0. The quantitative estimate of drug-likeness (QED) is 0.625. The summed E-state index contributed by atoms with van der Waals surface area (Å²) < 4.78 is 10.4. The standard InChI is InChI=1S/C18H16O6/c1-23-12-7-8-16(24-2)11(9-12)10-15(18(21)22)13-5-3-4-6-14(13)17(19)20/h3-10H,1-2H3,(H,19,20)(H,21,22)/b15-10-. The van der Waals surface area contributed by atoms with E-state index in [0.29, 0.717) is 17.1 Å². The number of rotatable bonds is 6. The van der Waals surface area contributed by atoms with Gasteiger partial charge in [-0.3, -0.25) is 0 Å². The second kappa shape index (κ2) is 7.32. The zero-order chi connectivity index (χ0) is 17.7. The van der Waals surface area contributed by atoms with Gasteiger partial charge in [0.05, 0.1) is 25.4 Å². The molecule has 0 aliphatic rings. The van der Waals surface area contributed by atoms with E-state index < -0.39 is 11.9 Å². The van der Waals surface area contributed by atoms with Gasteiger partial charge in [-0.2, -0.15) is 0 Å². The Kier molecular flexibility index (Phi) is 5.21. The number of hydrogen-bond donors (Lipinski definition) is 2. The average Bonchev–Trinajstić information content (AvgIpc) is 2.59. The van der Waals surface area contributed by atoms with Crippen LogP contribution in [0.15, 0.2) is 42.5 Å². The topological polar surface area (TPSA) is 93.1 Å². The monoisotopic (exact) mass is 328 g/mol. The minimum Gasteiger partial charge on any atom is -0.497 e. The third-order valence-corrected chi connectivity index (χ3v) is 3.41. The van der Waals surface area contributed by atoms with Crippen molar-refractivity contribution in [3.05, 3.63) is 59.2 Å². The highest BCUT2D eigenvalue weighted by Gasteiger charge is 2.19. The first-order chi connectivity index (χ1) is 11.5. The Balaban J connectivity index is 2.67. The van der Waals surface area contributed by atoms with Crippen molar-refractivity contribution < 1.29 is 29.3 Å². The van der Waals surface area contributed by atoms with E-state index in [9.17, 15) is 19.8 Å². The molecule has 6 heteroatoms. The van der Waals surface area contributed by atoms with Crippen LogP contribution in [0.1, 0.15) is 21.5 Å². The average molecular weight is 328 g/mol.